The molecule has 1 aliphatic carbocycles. The van der Waals surface area contributed by atoms with Crippen molar-refractivity contribution in [1.29, 1.82) is 0 Å². The van der Waals surface area contributed by atoms with Crippen LogP contribution in [-0.4, -0.2) is 81.4 Å². The fourth-order valence-electron chi connectivity index (χ4n) is 4.24. The molecule has 1 aromatic rings. The highest BCUT2D eigenvalue weighted by Gasteiger charge is 2.40. The first-order valence-electron chi connectivity index (χ1n) is 10.0. The predicted molar refractivity (Wildman–Crippen MR) is 116 cm³/mol. The molecule has 7 nitrogen and oxygen atoms in total. The molecule has 1 aliphatic heterocycles. The van der Waals surface area contributed by atoms with E-state index in [0.717, 1.165) is 41.7 Å². The van der Waals surface area contributed by atoms with Crippen LogP contribution in [0.4, 0.5) is 0 Å². The van der Waals surface area contributed by atoms with Crippen LogP contribution in [0, 0.1) is 0 Å². The van der Waals surface area contributed by atoms with Crippen molar-refractivity contribution >= 4 is 27.7 Å². The first-order chi connectivity index (χ1) is 13.8. The number of carbonyl (C=O) groups excluding carboxylic acids is 1. The fraction of sp³-hybridized carbons (Fsp3) is 0.650. The molecule has 1 N–H and O–H groups in total. The van der Waals surface area contributed by atoms with Gasteiger partial charge in [-0.15, -0.1) is 0 Å². The maximum absolute atomic E-state index is 12.9. The van der Waals surface area contributed by atoms with Gasteiger partial charge in [0.1, 0.15) is 10.6 Å². The third-order valence-corrected chi connectivity index (χ3v) is 8.76. The molecule has 0 unspecified atom stereocenters. The molecule has 0 bridgehead atoms. The Morgan fingerprint density at radius 2 is 1.90 bits per heavy atom. The molecule has 0 atom stereocenters. The molecule has 3 rings (SSSR count). The van der Waals surface area contributed by atoms with Gasteiger partial charge in [-0.1, -0.05) is 12.8 Å². The summed E-state index contributed by atoms with van der Waals surface area (Å²) in [5.74, 6) is 2.26. The van der Waals surface area contributed by atoms with Gasteiger partial charge >= 0.3 is 0 Å². The molecule has 1 heterocycles. The predicted octanol–water partition coefficient (Wildman–Crippen LogP) is 2.04. The van der Waals surface area contributed by atoms with E-state index in [9.17, 15) is 13.2 Å². The monoisotopic (exact) mass is 441 g/mol. The third kappa shape index (κ3) is 4.73. The molecular formula is C20H31N3O4S2. The number of ether oxygens (including phenoxy) is 1. The Bertz CT molecular complexity index is 830. The van der Waals surface area contributed by atoms with E-state index >= 15 is 0 Å². The molecule has 1 aromatic carbocycles. The topological polar surface area (TPSA) is 79.0 Å². The van der Waals surface area contributed by atoms with Gasteiger partial charge in [-0.2, -0.15) is 11.8 Å². The molecule has 2 fully saturated rings. The Labute approximate surface area is 178 Å². The second-order valence-electron chi connectivity index (χ2n) is 7.87. The summed E-state index contributed by atoms with van der Waals surface area (Å²) in [5.41, 5.74) is 0.357. The normalized spacial score (nSPS) is 20.0. The van der Waals surface area contributed by atoms with Crippen LogP contribution in [0.1, 0.15) is 36.0 Å². The van der Waals surface area contributed by atoms with Gasteiger partial charge in [0.15, 0.2) is 0 Å². The van der Waals surface area contributed by atoms with Crippen LogP contribution in [0.3, 0.4) is 0 Å². The average Bonchev–Trinajstić information content (AvgIpc) is 3.22. The Morgan fingerprint density at radius 1 is 1.24 bits per heavy atom. The number of nitrogens with zero attached hydrogens (tertiary/aromatic N) is 2. The fourth-order valence-corrected chi connectivity index (χ4v) is 6.22. The van der Waals surface area contributed by atoms with Gasteiger partial charge < -0.3 is 10.1 Å². The van der Waals surface area contributed by atoms with Crippen LogP contribution in [0.15, 0.2) is 23.1 Å². The first-order valence-corrected chi connectivity index (χ1v) is 12.6. The van der Waals surface area contributed by atoms with E-state index in [1.807, 2.05) is 11.8 Å². The highest BCUT2D eigenvalue weighted by atomic mass is 32.2. The van der Waals surface area contributed by atoms with E-state index in [0.29, 0.717) is 12.1 Å². The van der Waals surface area contributed by atoms with E-state index in [-0.39, 0.29) is 22.1 Å². The molecule has 162 valence electrons. The number of nitrogens with one attached hydrogen (secondary N) is 1. The molecule has 0 aromatic heterocycles. The summed E-state index contributed by atoms with van der Waals surface area (Å²) in [6.45, 7) is 2.72. The molecule has 9 heteroatoms. The average molecular weight is 442 g/mol. The molecule has 1 saturated carbocycles. The number of amides is 1. The van der Waals surface area contributed by atoms with Crippen LogP contribution in [-0.2, 0) is 10.0 Å². The number of thioether (sulfide) groups is 1. The van der Waals surface area contributed by atoms with Crippen LogP contribution in [0.5, 0.6) is 5.75 Å². The highest BCUT2D eigenvalue weighted by molar-refractivity contribution is 7.99. The summed E-state index contributed by atoms with van der Waals surface area (Å²) in [7, 11) is 0.625. The van der Waals surface area contributed by atoms with Crippen molar-refractivity contribution in [3.8, 4) is 5.75 Å². The van der Waals surface area contributed by atoms with E-state index in [1.165, 1.54) is 40.1 Å². The van der Waals surface area contributed by atoms with Gasteiger partial charge in [0, 0.05) is 56.3 Å². The maximum atomic E-state index is 12.9. The molecule has 1 saturated heterocycles. The summed E-state index contributed by atoms with van der Waals surface area (Å²) < 4.78 is 31.6. The van der Waals surface area contributed by atoms with Crippen LogP contribution in [0.2, 0.25) is 0 Å². The van der Waals surface area contributed by atoms with Gasteiger partial charge in [0.2, 0.25) is 10.0 Å². The number of sulfonamides is 1. The van der Waals surface area contributed by atoms with E-state index < -0.39 is 10.0 Å². The molecule has 29 heavy (non-hydrogen) atoms. The van der Waals surface area contributed by atoms with Crippen molar-refractivity contribution in [2.75, 3.05) is 52.3 Å². The lowest BCUT2D eigenvalue weighted by Gasteiger charge is -2.43. The number of hydrogen-bond acceptors (Lipinski definition) is 6. The number of carbonyl (C=O) groups is 1. The number of rotatable bonds is 7. The standard InChI is InChI=1S/C20H31N3O4S2/c1-22(2)29(25,26)18-14-16(6-7-17(18)27-3)19(24)21-15-20(8-4-5-9-20)23-10-12-28-13-11-23/h6-7,14H,4-5,8-13,15H2,1-3H3,(H,21,24). The van der Waals surface area contributed by atoms with Crippen molar-refractivity contribution < 1.29 is 17.9 Å². The lowest BCUT2D eigenvalue weighted by Crippen LogP contribution is -2.56. The summed E-state index contributed by atoms with van der Waals surface area (Å²) >= 11 is 1.99. The van der Waals surface area contributed by atoms with Crippen LogP contribution < -0.4 is 10.1 Å². The first kappa shape index (κ1) is 22.4. The molecule has 0 radical (unpaired) electrons. The largest absolute Gasteiger partial charge is 0.495 e. The van der Waals surface area contributed by atoms with E-state index in [4.69, 9.17) is 4.74 Å². The number of hydrogen-bond donors (Lipinski definition) is 1. The van der Waals surface area contributed by atoms with Gasteiger partial charge in [0.25, 0.3) is 5.91 Å². The van der Waals surface area contributed by atoms with Gasteiger partial charge in [-0.25, -0.2) is 12.7 Å². The zero-order valence-electron chi connectivity index (χ0n) is 17.4. The molecule has 2 aliphatic rings. The summed E-state index contributed by atoms with van der Waals surface area (Å²) in [6.07, 6.45) is 4.57. The number of benzene rings is 1. The Kier molecular flexibility index (Phi) is 7.14. The quantitative estimate of drug-likeness (QED) is 0.698. The zero-order chi connectivity index (χ0) is 21.1. The minimum absolute atomic E-state index is 0.00119. The van der Waals surface area contributed by atoms with Crippen molar-refractivity contribution in [2.24, 2.45) is 0 Å². The lowest BCUT2D eigenvalue weighted by atomic mass is 9.94. The number of methoxy groups -OCH3 is 1. The van der Waals surface area contributed by atoms with Crippen molar-refractivity contribution in [3.05, 3.63) is 23.8 Å². The van der Waals surface area contributed by atoms with Crippen LogP contribution >= 0.6 is 11.8 Å². The molecule has 1 amide bonds. The Hall–Kier alpha value is -1.29. The zero-order valence-corrected chi connectivity index (χ0v) is 19.1. The lowest BCUT2D eigenvalue weighted by molar-refractivity contribution is 0.0817. The van der Waals surface area contributed by atoms with Crippen molar-refractivity contribution in [1.82, 2.24) is 14.5 Å². The van der Waals surface area contributed by atoms with E-state index in [1.54, 1.807) is 12.1 Å². The van der Waals surface area contributed by atoms with Crippen molar-refractivity contribution in [3.63, 3.8) is 0 Å². The minimum atomic E-state index is -3.72. The van der Waals surface area contributed by atoms with Crippen LogP contribution in [0.25, 0.3) is 0 Å². The van der Waals surface area contributed by atoms with Gasteiger partial charge in [-0.3, -0.25) is 9.69 Å². The van der Waals surface area contributed by atoms with Gasteiger partial charge in [-0.05, 0) is 31.0 Å². The van der Waals surface area contributed by atoms with Crippen molar-refractivity contribution in [2.45, 2.75) is 36.1 Å². The summed E-state index contributed by atoms with van der Waals surface area (Å²) in [4.78, 5) is 15.4. The van der Waals surface area contributed by atoms with Gasteiger partial charge in [0.05, 0.1) is 7.11 Å². The smallest absolute Gasteiger partial charge is 0.251 e. The second-order valence-corrected chi connectivity index (χ2v) is 11.2. The highest BCUT2D eigenvalue weighted by Crippen LogP contribution is 2.36. The third-order valence-electron chi connectivity index (χ3n) is 5.98. The molecular weight excluding hydrogens is 410 g/mol. The maximum Gasteiger partial charge on any atom is 0.251 e. The SMILES string of the molecule is COc1ccc(C(=O)NCC2(N3CCSCC3)CCCC2)cc1S(=O)(=O)N(C)C. The Morgan fingerprint density at radius 3 is 2.48 bits per heavy atom. The summed E-state index contributed by atoms with van der Waals surface area (Å²) in [5, 5.41) is 3.09. The Balaban J connectivity index is 1.78. The summed E-state index contributed by atoms with van der Waals surface area (Å²) in [6, 6.07) is 4.56. The molecule has 0 spiro atoms. The minimum Gasteiger partial charge on any atom is -0.495 e. The van der Waals surface area contributed by atoms with E-state index in [2.05, 4.69) is 10.2 Å². The second kappa shape index (κ2) is 9.24.